The summed E-state index contributed by atoms with van der Waals surface area (Å²) in [4.78, 5) is 18.9. The number of benzene rings is 2. The fraction of sp³-hybridized carbons (Fsp3) is 0.448. The number of rotatable bonds is 10. The summed E-state index contributed by atoms with van der Waals surface area (Å²) >= 11 is 0. The predicted molar refractivity (Wildman–Crippen MR) is 136 cm³/mol. The summed E-state index contributed by atoms with van der Waals surface area (Å²) in [6.07, 6.45) is 7.80. The Balaban J connectivity index is 1.29. The van der Waals surface area contributed by atoms with E-state index in [9.17, 15) is 9.90 Å². The lowest BCUT2D eigenvalue weighted by atomic mass is 9.81. The van der Waals surface area contributed by atoms with E-state index < -0.39 is 5.97 Å². The van der Waals surface area contributed by atoms with Gasteiger partial charge in [-0.25, -0.2) is 0 Å². The van der Waals surface area contributed by atoms with Gasteiger partial charge in [0.2, 0.25) is 0 Å². The molecule has 0 bridgehead atoms. The Morgan fingerprint density at radius 1 is 1.15 bits per heavy atom. The fourth-order valence-corrected chi connectivity index (χ4v) is 5.35. The third kappa shape index (κ3) is 6.15. The second-order valence-electron chi connectivity index (χ2n) is 9.63. The number of piperidine rings is 1. The highest BCUT2D eigenvalue weighted by Crippen LogP contribution is 2.30. The normalized spacial score (nSPS) is 18.8. The van der Waals surface area contributed by atoms with E-state index in [1.165, 1.54) is 16.7 Å². The van der Waals surface area contributed by atoms with Crippen LogP contribution < -0.4 is 4.74 Å². The first-order valence-electron chi connectivity index (χ1n) is 12.5. The van der Waals surface area contributed by atoms with Crippen LogP contribution >= 0.6 is 0 Å². The maximum Gasteiger partial charge on any atom is 0.308 e. The zero-order chi connectivity index (χ0) is 23.9. The fourth-order valence-electron chi connectivity index (χ4n) is 5.35. The van der Waals surface area contributed by atoms with Gasteiger partial charge in [-0.05, 0) is 99.8 Å². The molecule has 0 saturated carbocycles. The molecule has 5 nitrogen and oxygen atoms in total. The molecule has 2 heterocycles. The van der Waals surface area contributed by atoms with Gasteiger partial charge in [-0.15, -0.1) is 0 Å². The Morgan fingerprint density at radius 3 is 2.82 bits per heavy atom. The first-order chi connectivity index (χ1) is 16.5. The van der Waals surface area contributed by atoms with Gasteiger partial charge in [-0.3, -0.25) is 9.78 Å². The molecule has 1 aromatic heterocycles. The number of carboxylic acid groups (broad SMARTS) is 1. The van der Waals surface area contributed by atoms with Crippen molar-refractivity contribution in [3.63, 3.8) is 0 Å². The summed E-state index contributed by atoms with van der Waals surface area (Å²) in [6.45, 7) is 4.76. The van der Waals surface area contributed by atoms with Crippen molar-refractivity contribution in [1.82, 2.24) is 9.88 Å². The van der Waals surface area contributed by atoms with Crippen LogP contribution in [0.5, 0.6) is 5.75 Å². The molecular formula is C29H36N2O3. The van der Waals surface area contributed by atoms with E-state index in [-0.39, 0.29) is 11.8 Å². The molecule has 1 saturated heterocycles. The number of nitrogens with zero attached hydrogens (tertiary/aromatic N) is 2. The number of ether oxygens (including phenoxy) is 1. The SMILES string of the molecule is COc1ccc2nccc(CCC[C@@H]3CCN(CCCc4cccc(C)c4)C[C@@H]3C(=O)O)c2c1. The van der Waals surface area contributed by atoms with Crippen LogP contribution in [-0.2, 0) is 17.6 Å². The summed E-state index contributed by atoms with van der Waals surface area (Å²) in [5.74, 6) is 0.158. The quantitative estimate of drug-likeness (QED) is 0.431. The number of aryl methyl sites for hydroxylation is 3. The number of carboxylic acids is 1. The molecule has 0 spiro atoms. The van der Waals surface area contributed by atoms with Gasteiger partial charge < -0.3 is 14.7 Å². The molecule has 5 heteroatoms. The van der Waals surface area contributed by atoms with Gasteiger partial charge in [-0.1, -0.05) is 29.8 Å². The van der Waals surface area contributed by atoms with Crippen LogP contribution in [0.25, 0.3) is 10.9 Å². The minimum atomic E-state index is -0.646. The third-order valence-electron chi connectivity index (χ3n) is 7.24. The zero-order valence-corrected chi connectivity index (χ0v) is 20.4. The summed E-state index contributed by atoms with van der Waals surface area (Å²) in [7, 11) is 1.68. The first kappa shape index (κ1) is 24.2. The van der Waals surface area contributed by atoms with Crippen LogP contribution in [0.1, 0.15) is 42.4 Å². The molecule has 0 radical (unpaired) electrons. The van der Waals surface area contributed by atoms with Crippen LogP contribution in [0.3, 0.4) is 0 Å². The lowest BCUT2D eigenvalue weighted by Crippen LogP contribution is -2.44. The van der Waals surface area contributed by atoms with Crippen molar-refractivity contribution in [2.75, 3.05) is 26.7 Å². The topological polar surface area (TPSA) is 62.7 Å². The van der Waals surface area contributed by atoms with E-state index in [1.807, 2.05) is 24.4 Å². The second kappa shape index (κ2) is 11.5. The van der Waals surface area contributed by atoms with E-state index in [0.717, 1.165) is 68.3 Å². The molecule has 1 fully saturated rings. The van der Waals surface area contributed by atoms with Crippen LogP contribution in [0.2, 0.25) is 0 Å². The van der Waals surface area contributed by atoms with E-state index in [1.54, 1.807) is 7.11 Å². The van der Waals surface area contributed by atoms with Gasteiger partial charge in [0.05, 0.1) is 18.5 Å². The predicted octanol–water partition coefficient (Wildman–Crippen LogP) is 5.53. The number of aromatic nitrogens is 1. The first-order valence-corrected chi connectivity index (χ1v) is 12.5. The molecule has 34 heavy (non-hydrogen) atoms. The van der Waals surface area contributed by atoms with Gasteiger partial charge in [0, 0.05) is 18.1 Å². The smallest absolute Gasteiger partial charge is 0.308 e. The summed E-state index contributed by atoms with van der Waals surface area (Å²) in [6, 6.07) is 16.7. The van der Waals surface area contributed by atoms with Crippen molar-refractivity contribution >= 4 is 16.9 Å². The number of likely N-dealkylation sites (tertiary alicyclic amines) is 1. The number of hydrogen-bond acceptors (Lipinski definition) is 4. The lowest BCUT2D eigenvalue weighted by Gasteiger charge is -2.36. The Kier molecular flexibility index (Phi) is 8.17. The molecule has 1 N–H and O–H groups in total. The van der Waals surface area contributed by atoms with Crippen LogP contribution in [0.15, 0.2) is 54.7 Å². The van der Waals surface area contributed by atoms with Gasteiger partial charge in [0.25, 0.3) is 0 Å². The number of fused-ring (bicyclic) bond motifs is 1. The second-order valence-corrected chi connectivity index (χ2v) is 9.63. The molecule has 180 valence electrons. The molecule has 0 unspecified atom stereocenters. The average Bonchev–Trinajstić information content (AvgIpc) is 2.84. The average molecular weight is 461 g/mol. The highest BCUT2D eigenvalue weighted by atomic mass is 16.5. The number of methoxy groups -OCH3 is 1. The molecular weight excluding hydrogens is 424 g/mol. The monoisotopic (exact) mass is 460 g/mol. The standard InChI is InChI=1S/C29H36N2O3/c1-21-6-3-7-22(18-21)8-5-16-31-17-14-24(27(20-31)29(32)33)10-4-9-23-13-15-30-28-12-11-25(34-2)19-26(23)28/h3,6-7,11-13,15,18-19,24,27H,4-5,8-10,14,16-17,20H2,1-2H3,(H,32,33)/t24-,27+/m1/s1. The van der Waals surface area contributed by atoms with Crippen molar-refractivity contribution in [3.05, 3.63) is 71.4 Å². The number of aliphatic carboxylic acids is 1. The molecule has 4 rings (SSSR count). The minimum absolute atomic E-state index is 0.244. The Hall–Kier alpha value is -2.92. The van der Waals surface area contributed by atoms with Crippen molar-refractivity contribution in [2.24, 2.45) is 11.8 Å². The summed E-state index contributed by atoms with van der Waals surface area (Å²) in [5.41, 5.74) is 4.89. The van der Waals surface area contributed by atoms with Gasteiger partial charge in [0.15, 0.2) is 0 Å². The van der Waals surface area contributed by atoms with E-state index in [0.29, 0.717) is 6.54 Å². The highest BCUT2D eigenvalue weighted by molar-refractivity contribution is 5.83. The van der Waals surface area contributed by atoms with Crippen molar-refractivity contribution in [3.8, 4) is 5.75 Å². The zero-order valence-electron chi connectivity index (χ0n) is 20.4. The Morgan fingerprint density at radius 2 is 2.03 bits per heavy atom. The van der Waals surface area contributed by atoms with Crippen molar-refractivity contribution in [1.29, 1.82) is 0 Å². The molecule has 2 atom stereocenters. The number of pyridine rings is 1. The number of carbonyl (C=O) groups is 1. The molecule has 0 amide bonds. The molecule has 0 aliphatic carbocycles. The molecule has 2 aromatic carbocycles. The van der Waals surface area contributed by atoms with Crippen LogP contribution in [0, 0.1) is 18.8 Å². The Bertz CT molecular complexity index is 1110. The summed E-state index contributed by atoms with van der Waals surface area (Å²) in [5, 5.41) is 11.1. The largest absolute Gasteiger partial charge is 0.497 e. The third-order valence-corrected chi connectivity index (χ3v) is 7.24. The molecule has 3 aromatic rings. The Labute approximate surface area is 202 Å². The van der Waals surface area contributed by atoms with Gasteiger partial charge in [0.1, 0.15) is 5.75 Å². The van der Waals surface area contributed by atoms with Crippen LogP contribution in [0.4, 0.5) is 0 Å². The van der Waals surface area contributed by atoms with E-state index in [4.69, 9.17) is 4.74 Å². The lowest BCUT2D eigenvalue weighted by molar-refractivity contribution is -0.146. The maximum absolute atomic E-state index is 12.1. The highest BCUT2D eigenvalue weighted by Gasteiger charge is 2.33. The van der Waals surface area contributed by atoms with Crippen LogP contribution in [-0.4, -0.2) is 47.7 Å². The summed E-state index contributed by atoms with van der Waals surface area (Å²) < 4.78 is 5.39. The number of hydrogen-bond donors (Lipinski definition) is 1. The minimum Gasteiger partial charge on any atom is -0.497 e. The van der Waals surface area contributed by atoms with E-state index in [2.05, 4.69) is 47.1 Å². The van der Waals surface area contributed by atoms with Gasteiger partial charge in [-0.2, -0.15) is 0 Å². The molecule has 1 aliphatic rings. The van der Waals surface area contributed by atoms with Gasteiger partial charge >= 0.3 is 5.97 Å². The van der Waals surface area contributed by atoms with E-state index >= 15 is 0 Å². The maximum atomic E-state index is 12.1. The molecule has 1 aliphatic heterocycles. The van der Waals surface area contributed by atoms with Crippen molar-refractivity contribution < 1.29 is 14.6 Å². The van der Waals surface area contributed by atoms with Crippen molar-refractivity contribution in [2.45, 2.75) is 45.4 Å².